The number of carbonyl (C=O) groups is 3. The van der Waals surface area contributed by atoms with Crippen LogP contribution in [0.25, 0.3) is 0 Å². The van der Waals surface area contributed by atoms with Crippen LogP contribution in [0.2, 0.25) is 0 Å². The topological polar surface area (TPSA) is 85.2 Å². The highest BCUT2D eigenvalue weighted by atomic mass is 32.1. The van der Waals surface area contributed by atoms with E-state index in [0.29, 0.717) is 18.0 Å². The number of ketones is 2. The van der Waals surface area contributed by atoms with Gasteiger partial charge in [0.25, 0.3) is 0 Å². The Morgan fingerprint density at radius 3 is 2.48 bits per heavy atom. The van der Waals surface area contributed by atoms with Crippen molar-refractivity contribution in [1.29, 1.82) is 0 Å². The third-order valence-corrected chi connectivity index (χ3v) is 5.93. The minimum atomic E-state index is -0.0255. The number of thiophene rings is 1. The van der Waals surface area contributed by atoms with Crippen molar-refractivity contribution in [3.63, 3.8) is 0 Å². The second-order valence-electron chi connectivity index (χ2n) is 6.86. The van der Waals surface area contributed by atoms with Gasteiger partial charge in [-0.25, -0.2) is 9.67 Å². The van der Waals surface area contributed by atoms with Gasteiger partial charge in [-0.15, -0.1) is 11.3 Å². The Bertz CT molecular complexity index is 792. The number of rotatable bonds is 8. The van der Waals surface area contributed by atoms with E-state index < -0.39 is 0 Å². The summed E-state index contributed by atoms with van der Waals surface area (Å²) in [6, 6.07) is 3.99. The summed E-state index contributed by atoms with van der Waals surface area (Å²) in [7, 11) is 0. The predicted octanol–water partition coefficient (Wildman–Crippen LogP) is 2.82. The molecule has 0 aromatic carbocycles. The molecule has 0 aliphatic carbocycles. The molecule has 0 atom stereocenters. The van der Waals surface area contributed by atoms with Gasteiger partial charge in [0.15, 0.2) is 5.78 Å². The minimum Gasteiger partial charge on any atom is -0.343 e. The van der Waals surface area contributed by atoms with E-state index >= 15 is 0 Å². The van der Waals surface area contributed by atoms with Crippen LogP contribution < -0.4 is 0 Å². The number of nitrogens with zero attached hydrogens (tertiary/aromatic N) is 4. The van der Waals surface area contributed by atoms with Crippen LogP contribution in [0, 0.1) is 6.92 Å². The maximum Gasteiger partial charge on any atom is 0.223 e. The number of piperidine rings is 1. The Kier molecular flexibility index (Phi) is 6.49. The molecule has 3 rings (SSSR count). The van der Waals surface area contributed by atoms with Crippen LogP contribution >= 0.6 is 11.3 Å². The summed E-state index contributed by atoms with van der Waals surface area (Å²) in [6.07, 6.45) is 5.77. The van der Waals surface area contributed by atoms with Crippen molar-refractivity contribution in [2.75, 3.05) is 13.1 Å². The highest BCUT2D eigenvalue weighted by molar-refractivity contribution is 7.14. The molecule has 1 aliphatic heterocycles. The maximum atomic E-state index is 12.3. The van der Waals surface area contributed by atoms with Gasteiger partial charge < -0.3 is 4.90 Å². The number of Topliss-reactive ketones (excluding diaryl/α,β-unsaturated/α-hetero) is 2. The van der Waals surface area contributed by atoms with Gasteiger partial charge in [0.1, 0.15) is 18.4 Å². The van der Waals surface area contributed by atoms with Crippen molar-refractivity contribution in [2.45, 2.75) is 51.5 Å². The molecule has 0 saturated carbocycles. The van der Waals surface area contributed by atoms with Gasteiger partial charge in [0.05, 0.1) is 10.9 Å². The first-order valence-corrected chi connectivity index (χ1v) is 10.1. The van der Waals surface area contributed by atoms with E-state index in [2.05, 4.69) is 10.1 Å². The van der Waals surface area contributed by atoms with E-state index in [0.717, 1.165) is 17.7 Å². The molecule has 2 aromatic rings. The molecule has 2 aromatic heterocycles. The van der Waals surface area contributed by atoms with Crippen molar-refractivity contribution < 1.29 is 14.4 Å². The fourth-order valence-electron chi connectivity index (χ4n) is 3.28. The number of carbonyl (C=O) groups excluding carboxylic acids is 3. The number of aryl methyl sites for hydroxylation is 1. The lowest BCUT2D eigenvalue weighted by molar-refractivity contribution is -0.134. The molecule has 0 radical (unpaired) electrons. The molecule has 0 spiro atoms. The van der Waals surface area contributed by atoms with Crippen molar-refractivity contribution in [1.82, 2.24) is 19.7 Å². The molecule has 7 nitrogen and oxygen atoms in total. The summed E-state index contributed by atoms with van der Waals surface area (Å²) in [5.74, 6) is -0.00830. The number of likely N-dealkylation sites (tertiary alicyclic amines) is 1. The molecule has 1 aliphatic rings. The van der Waals surface area contributed by atoms with Crippen LogP contribution in [-0.2, 0) is 9.59 Å². The third kappa shape index (κ3) is 5.32. The monoisotopic (exact) mass is 388 g/mol. The molecule has 1 amide bonds. The first kappa shape index (κ1) is 19.4. The summed E-state index contributed by atoms with van der Waals surface area (Å²) in [5.41, 5.74) is 0. The van der Waals surface area contributed by atoms with Crippen LogP contribution in [0.3, 0.4) is 0 Å². The van der Waals surface area contributed by atoms with E-state index in [1.54, 1.807) is 12.4 Å². The second-order valence-corrected chi connectivity index (χ2v) is 8.15. The van der Waals surface area contributed by atoms with Gasteiger partial charge in [-0.2, -0.15) is 5.10 Å². The molecule has 144 valence electrons. The highest BCUT2D eigenvalue weighted by Gasteiger charge is 2.24. The van der Waals surface area contributed by atoms with Crippen molar-refractivity contribution >= 4 is 28.8 Å². The lowest BCUT2D eigenvalue weighted by Gasteiger charge is -2.31. The number of amides is 1. The van der Waals surface area contributed by atoms with Gasteiger partial charge in [0, 0.05) is 43.6 Å². The minimum absolute atomic E-state index is 0.00274. The Labute approximate surface area is 162 Å². The molecule has 3 heterocycles. The fraction of sp³-hybridized carbons (Fsp3) is 0.526. The predicted molar refractivity (Wildman–Crippen MR) is 102 cm³/mol. The van der Waals surface area contributed by atoms with Crippen LogP contribution in [0.5, 0.6) is 0 Å². The van der Waals surface area contributed by atoms with Gasteiger partial charge in [-0.05, 0) is 31.9 Å². The van der Waals surface area contributed by atoms with Crippen LogP contribution in [-0.4, -0.2) is 50.2 Å². The van der Waals surface area contributed by atoms with E-state index in [1.165, 1.54) is 17.7 Å². The summed E-state index contributed by atoms with van der Waals surface area (Å²) >= 11 is 1.45. The summed E-state index contributed by atoms with van der Waals surface area (Å²) < 4.78 is 1.84. The zero-order valence-corrected chi connectivity index (χ0v) is 16.3. The Morgan fingerprint density at radius 2 is 1.85 bits per heavy atom. The van der Waals surface area contributed by atoms with Gasteiger partial charge in [-0.3, -0.25) is 14.4 Å². The van der Waals surface area contributed by atoms with Crippen LogP contribution in [0.15, 0.2) is 24.8 Å². The fourth-order valence-corrected chi connectivity index (χ4v) is 4.11. The molecule has 0 N–H and O–H groups in total. The number of hydrogen-bond acceptors (Lipinski definition) is 6. The number of aromatic nitrogens is 3. The van der Waals surface area contributed by atoms with Crippen molar-refractivity contribution in [3.8, 4) is 0 Å². The molecular formula is C19H24N4O3S. The van der Waals surface area contributed by atoms with Gasteiger partial charge in [-0.1, -0.05) is 0 Å². The first-order chi connectivity index (χ1) is 13.0. The quantitative estimate of drug-likeness (QED) is 0.649. The van der Waals surface area contributed by atoms with Crippen LogP contribution in [0.4, 0.5) is 0 Å². The lowest BCUT2D eigenvalue weighted by Crippen LogP contribution is -2.39. The Morgan fingerprint density at radius 1 is 1.11 bits per heavy atom. The van der Waals surface area contributed by atoms with Crippen molar-refractivity contribution in [2.24, 2.45) is 0 Å². The van der Waals surface area contributed by atoms with Gasteiger partial charge >= 0.3 is 0 Å². The zero-order chi connectivity index (χ0) is 19.2. The van der Waals surface area contributed by atoms with E-state index in [4.69, 9.17) is 0 Å². The standard InChI is InChI=1S/C19H24N4O3S/c1-14-2-6-18(27-14)17(25)5-3-16(24)4-7-19(26)22-10-8-15(9-11-22)23-13-20-12-21-23/h2,6,12-13,15H,3-5,7-11H2,1H3. The van der Waals surface area contributed by atoms with E-state index in [-0.39, 0.29) is 49.2 Å². The third-order valence-electron chi connectivity index (χ3n) is 4.89. The molecule has 0 unspecified atom stereocenters. The second kappa shape index (κ2) is 9.03. The summed E-state index contributed by atoms with van der Waals surface area (Å²) in [4.78, 5) is 44.0. The molecular weight excluding hydrogens is 364 g/mol. The smallest absolute Gasteiger partial charge is 0.223 e. The van der Waals surface area contributed by atoms with Crippen molar-refractivity contribution in [3.05, 3.63) is 34.5 Å². The largest absolute Gasteiger partial charge is 0.343 e. The van der Waals surface area contributed by atoms with Gasteiger partial charge in [0.2, 0.25) is 5.91 Å². The lowest BCUT2D eigenvalue weighted by atomic mass is 10.0. The molecule has 27 heavy (non-hydrogen) atoms. The molecule has 8 heteroatoms. The molecule has 1 fully saturated rings. The van der Waals surface area contributed by atoms with E-state index in [1.807, 2.05) is 22.6 Å². The Hall–Kier alpha value is -2.35. The maximum absolute atomic E-state index is 12.3. The average Bonchev–Trinajstić information content (AvgIpc) is 3.36. The van der Waals surface area contributed by atoms with E-state index in [9.17, 15) is 14.4 Å². The Balaban J connectivity index is 1.35. The average molecular weight is 388 g/mol. The summed E-state index contributed by atoms with van der Waals surface area (Å²) in [5, 5.41) is 4.16. The number of hydrogen-bond donors (Lipinski definition) is 0. The zero-order valence-electron chi connectivity index (χ0n) is 15.5. The van der Waals surface area contributed by atoms with Crippen LogP contribution in [0.1, 0.15) is 59.1 Å². The molecule has 1 saturated heterocycles. The summed E-state index contributed by atoms with van der Waals surface area (Å²) in [6.45, 7) is 3.30. The normalized spacial score (nSPS) is 15.1. The first-order valence-electron chi connectivity index (χ1n) is 9.26. The SMILES string of the molecule is Cc1ccc(C(=O)CCC(=O)CCC(=O)N2CCC(n3cncn3)CC2)s1. The molecule has 0 bridgehead atoms. The highest BCUT2D eigenvalue weighted by Crippen LogP contribution is 2.22.